The van der Waals surface area contributed by atoms with Crippen molar-refractivity contribution in [1.29, 1.82) is 5.26 Å². The lowest BCUT2D eigenvalue weighted by molar-refractivity contribution is -0.391. The summed E-state index contributed by atoms with van der Waals surface area (Å²) in [6.07, 6.45) is -8.19. The molecule has 180 valence electrons. The number of aryl methyl sites for hydroxylation is 1. The first-order valence-electron chi connectivity index (χ1n) is 10.3. The fourth-order valence-electron chi connectivity index (χ4n) is 3.72. The smallest absolute Gasteiger partial charge is 0.421 e. The molecule has 0 radical (unpaired) electrons. The summed E-state index contributed by atoms with van der Waals surface area (Å²) in [6, 6.07) is 7.65. The van der Waals surface area contributed by atoms with Crippen molar-refractivity contribution >= 4 is 22.8 Å². The van der Waals surface area contributed by atoms with Gasteiger partial charge < -0.3 is 18.6 Å². The number of nitrogens with zero attached hydrogens (tertiary/aromatic N) is 6. The highest BCUT2D eigenvalue weighted by atomic mass is 32.2. The largest absolute Gasteiger partial charge is 0.507 e. The van der Waals surface area contributed by atoms with Gasteiger partial charge in [-0.15, -0.1) is 11.8 Å². The van der Waals surface area contributed by atoms with E-state index >= 15 is 0 Å². The summed E-state index contributed by atoms with van der Waals surface area (Å²) < 4.78 is 66.6. The Morgan fingerprint density at radius 1 is 1.00 bits per heavy atom. The summed E-state index contributed by atoms with van der Waals surface area (Å²) in [6.45, 7) is 1.97. The van der Waals surface area contributed by atoms with Crippen molar-refractivity contribution in [3.63, 3.8) is 0 Å². The Morgan fingerprint density at radius 2 is 1.69 bits per heavy atom. The van der Waals surface area contributed by atoms with Crippen LogP contribution in [0.3, 0.4) is 0 Å². The molecule has 8 nitrogen and oxygen atoms in total. The fourth-order valence-corrected chi connectivity index (χ4v) is 4.55. The minimum absolute atomic E-state index is 0.238. The van der Waals surface area contributed by atoms with Crippen molar-refractivity contribution in [2.24, 2.45) is 14.1 Å². The van der Waals surface area contributed by atoms with Gasteiger partial charge in [-0.2, -0.15) is 22.8 Å². The van der Waals surface area contributed by atoms with Gasteiger partial charge in [0.25, 0.3) is 0 Å². The lowest BCUT2D eigenvalue weighted by Gasteiger charge is -2.31. The summed E-state index contributed by atoms with van der Waals surface area (Å²) in [7, 11) is 3.47. The number of fused-ring (bicyclic) bond motifs is 2. The highest BCUT2D eigenvalue weighted by Crippen LogP contribution is 2.48. The number of imidazole rings is 2. The number of hydrogen-bond donors (Lipinski definition) is 0. The van der Waals surface area contributed by atoms with Crippen LogP contribution in [0.25, 0.3) is 34.1 Å². The molecular formula is C22H16F4N6O2S. The molecule has 0 aliphatic carbocycles. The molecule has 1 aromatic carbocycles. The summed E-state index contributed by atoms with van der Waals surface area (Å²) in [4.78, 5) is 13.6. The number of nitriles is 1. The van der Waals surface area contributed by atoms with E-state index in [1.165, 1.54) is 24.0 Å². The van der Waals surface area contributed by atoms with Gasteiger partial charge in [0, 0.05) is 32.4 Å². The first-order valence-corrected chi connectivity index (χ1v) is 11.3. The lowest BCUT2D eigenvalue weighted by Crippen LogP contribution is -2.52. The third kappa shape index (κ3) is 3.56. The lowest BCUT2D eigenvalue weighted by atomic mass is 10.2. The zero-order valence-electron chi connectivity index (χ0n) is 18.5. The second-order valence-corrected chi connectivity index (χ2v) is 8.90. The molecule has 0 spiro atoms. The van der Waals surface area contributed by atoms with E-state index in [0.29, 0.717) is 34.1 Å². The molecule has 5 rings (SSSR count). The Balaban J connectivity index is 1.66. The second-order valence-electron chi connectivity index (χ2n) is 7.64. The van der Waals surface area contributed by atoms with Crippen molar-refractivity contribution in [1.82, 2.24) is 24.1 Å². The normalized spacial score (nSPS) is 15.8. The first kappa shape index (κ1) is 23.0. The molecule has 13 heteroatoms. The molecule has 0 saturated carbocycles. The van der Waals surface area contributed by atoms with Crippen LogP contribution in [-0.2, 0) is 14.1 Å². The maximum atomic E-state index is 13.7. The Bertz CT molecular complexity index is 1510. The van der Waals surface area contributed by atoms with Crippen LogP contribution in [0.1, 0.15) is 12.5 Å². The van der Waals surface area contributed by atoms with Gasteiger partial charge in [0.1, 0.15) is 22.5 Å². The van der Waals surface area contributed by atoms with Crippen molar-refractivity contribution in [2.75, 3.05) is 5.75 Å². The average Bonchev–Trinajstić information content (AvgIpc) is 3.29. The zero-order valence-corrected chi connectivity index (χ0v) is 19.3. The molecule has 35 heavy (non-hydrogen) atoms. The van der Waals surface area contributed by atoms with Gasteiger partial charge in [-0.25, -0.2) is 9.97 Å². The van der Waals surface area contributed by atoms with Crippen molar-refractivity contribution in [2.45, 2.75) is 24.2 Å². The SMILES string of the molecule is CCSc1c(-c2nc3cc4c(cc3n2C)OC(F)(F)C(F)(F)O4)nc(-c2ccc(C#N)cn2)n1C. The quantitative estimate of drug-likeness (QED) is 0.286. The molecule has 0 bridgehead atoms. The molecule has 0 N–H and O–H groups in total. The van der Waals surface area contributed by atoms with E-state index < -0.39 is 23.7 Å². The summed E-state index contributed by atoms with van der Waals surface area (Å²) in [5.41, 5.74) is 2.04. The fraction of sp³-hybridized carbons (Fsp3) is 0.273. The predicted molar refractivity (Wildman–Crippen MR) is 118 cm³/mol. The molecule has 0 fully saturated rings. The van der Waals surface area contributed by atoms with E-state index in [-0.39, 0.29) is 5.52 Å². The van der Waals surface area contributed by atoms with Crippen molar-refractivity contribution < 1.29 is 27.0 Å². The maximum Gasteiger partial charge on any atom is 0.507 e. The Hall–Kier alpha value is -3.79. The molecule has 3 aromatic heterocycles. The van der Waals surface area contributed by atoms with Crippen LogP contribution in [0, 0.1) is 11.3 Å². The third-order valence-electron chi connectivity index (χ3n) is 5.42. The van der Waals surface area contributed by atoms with Crippen LogP contribution < -0.4 is 9.47 Å². The van der Waals surface area contributed by atoms with Crippen LogP contribution in [-0.4, -0.2) is 42.1 Å². The number of rotatable bonds is 4. The number of thioether (sulfide) groups is 1. The van der Waals surface area contributed by atoms with Gasteiger partial charge in [0.15, 0.2) is 23.1 Å². The van der Waals surface area contributed by atoms with E-state index in [1.54, 1.807) is 23.7 Å². The predicted octanol–water partition coefficient (Wildman–Crippen LogP) is 4.98. The van der Waals surface area contributed by atoms with E-state index in [1.807, 2.05) is 24.6 Å². The van der Waals surface area contributed by atoms with Gasteiger partial charge in [0.05, 0.1) is 16.6 Å². The van der Waals surface area contributed by atoms with Crippen molar-refractivity contribution in [3.8, 4) is 40.6 Å². The summed E-state index contributed by atoms with van der Waals surface area (Å²) in [5.74, 6) is 0.570. The number of hydrogen-bond acceptors (Lipinski definition) is 7. The Labute approximate surface area is 200 Å². The van der Waals surface area contributed by atoms with E-state index in [4.69, 9.17) is 10.2 Å². The molecule has 0 saturated heterocycles. The minimum atomic E-state index is -4.82. The highest BCUT2D eigenvalue weighted by molar-refractivity contribution is 7.99. The van der Waals surface area contributed by atoms with Crippen LogP contribution in [0.4, 0.5) is 17.6 Å². The number of alkyl halides is 4. The molecule has 0 atom stereocenters. The highest BCUT2D eigenvalue weighted by Gasteiger charge is 2.66. The Morgan fingerprint density at radius 3 is 2.29 bits per heavy atom. The van der Waals surface area contributed by atoms with Crippen molar-refractivity contribution in [3.05, 3.63) is 36.0 Å². The number of aromatic nitrogens is 5. The number of ether oxygens (including phenoxy) is 2. The Kier molecular flexibility index (Phi) is 5.17. The summed E-state index contributed by atoms with van der Waals surface area (Å²) >= 11 is 1.51. The van der Waals surface area contributed by atoms with Gasteiger partial charge in [0.2, 0.25) is 0 Å². The minimum Gasteiger partial charge on any atom is -0.421 e. The molecule has 4 heterocycles. The molecule has 1 aliphatic heterocycles. The maximum absolute atomic E-state index is 13.7. The molecule has 0 amide bonds. The topological polar surface area (TPSA) is 90.8 Å². The van der Waals surface area contributed by atoms with Crippen LogP contribution >= 0.6 is 11.8 Å². The molecule has 1 aliphatic rings. The van der Waals surface area contributed by atoms with Crippen LogP contribution in [0.15, 0.2) is 35.5 Å². The van der Waals surface area contributed by atoms with E-state index in [0.717, 1.165) is 16.8 Å². The number of halogens is 4. The van der Waals surface area contributed by atoms with E-state index in [2.05, 4.69) is 19.4 Å². The van der Waals surface area contributed by atoms with Gasteiger partial charge >= 0.3 is 12.2 Å². The van der Waals surface area contributed by atoms with Gasteiger partial charge in [-0.05, 0) is 17.9 Å². The standard InChI is InChI=1S/C22H16F4N6O2S/c1-4-35-20-17(30-18(32(20)3)12-6-5-11(9-27)10-28-12)19-29-13-7-15-16(8-14(13)31(19)2)34-22(25,26)21(23,24)33-15/h5-8,10H,4H2,1-3H3. The summed E-state index contributed by atoms with van der Waals surface area (Å²) in [5, 5.41) is 9.80. The van der Waals surface area contributed by atoms with Gasteiger partial charge in [-0.1, -0.05) is 6.92 Å². The average molecular weight is 504 g/mol. The number of benzene rings is 1. The zero-order chi connectivity index (χ0) is 25.1. The van der Waals surface area contributed by atoms with Crippen LogP contribution in [0.2, 0.25) is 0 Å². The molecule has 0 unspecified atom stereocenters. The van der Waals surface area contributed by atoms with E-state index in [9.17, 15) is 17.6 Å². The van der Waals surface area contributed by atoms with Crippen LogP contribution in [0.5, 0.6) is 11.5 Å². The molecule has 4 aromatic rings. The number of pyridine rings is 1. The second kappa shape index (κ2) is 7.88. The molecular weight excluding hydrogens is 488 g/mol. The first-order chi connectivity index (χ1) is 16.6. The van der Waals surface area contributed by atoms with Gasteiger partial charge in [-0.3, -0.25) is 4.98 Å². The monoisotopic (exact) mass is 504 g/mol. The third-order valence-corrected chi connectivity index (χ3v) is 6.45.